The van der Waals surface area contributed by atoms with Gasteiger partial charge in [-0.25, -0.2) is 8.42 Å². The number of para-hydroxylation sites is 1. The van der Waals surface area contributed by atoms with Crippen LogP contribution in [0.25, 0.3) is 10.1 Å². The Morgan fingerprint density at radius 3 is 2.50 bits per heavy atom. The smallest absolute Gasteiger partial charge is 0.235 e. The van der Waals surface area contributed by atoms with Gasteiger partial charge in [0.15, 0.2) is 0 Å². The molecule has 1 saturated heterocycles. The summed E-state index contributed by atoms with van der Waals surface area (Å²) in [5, 5.41) is 0.780. The van der Waals surface area contributed by atoms with Crippen molar-refractivity contribution >= 4 is 43.1 Å². The van der Waals surface area contributed by atoms with Gasteiger partial charge in [0, 0.05) is 38.1 Å². The maximum Gasteiger partial charge on any atom is 0.235 e. The maximum atomic E-state index is 12.3. The van der Waals surface area contributed by atoms with Crippen LogP contribution < -0.4 is 9.62 Å². The molecule has 0 radical (unpaired) electrons. The van der Waals surface area contributed by atoms with E-state index >= 15 is 0 Å². The van der Waals surface area contributed by atoms with Gasteiger partial charge < -0.3 is 4.90 Å². The van der Waals surface area contributed by atoms with Crippen molar-refractivity contribution in [2.45, 2.75) is 25.5 Å². The molecule has 0 aliphatic carbocycles. The molecule has 160 valence electrons. The Kier molecular flexibility index (Phi) is 6.26. The van der Waals surface area contributed by atoms with Crippen molar-refractivity contribution in [3.05, 3.63) is 54.1 Å². The number of hydrogen-bond acceptors (Lipinski definition) is 6. The molecule has 0 bridgehead atoms. The first-order chi connectivity index (χ1) is 14.4. The Hall–Kier alpha value is -2.16. The molecule has 3 aromatic rings. The number of anilines is 2. The number of piperazine rings is 1. The lowest BCUT2D eigenvalue weighted by Gasteiger charge is -2.35. The minimum Gasteiger partial charge on any atom is -0.353 e. The van der Waals surface area contributed by atoms with Crippen LogP contribution in [0.1, 0.15) is 19.4 Å². The zero-order chi connectivity index (χ0) is 21.1. The number of rotatable bonds is 7. The molecule has 0 saturated carbocycles. The van der Waals surface area contributed by atoms with E-state index in [9.17, 15) is 8.42 Å². The summed E-state index contributed by atoms with van der Waals surface area (Å²) in [5.74, 6) is 1.10. The molecule has 2 aromatic carbocycles. The van der Waals surface area contributed by atoms with Gasteiger partial charge in [0.05, 0.1) is 15.6 Å². The number of fused-ring (bicyclic) bond motifs is 1. The van der Waals surface area contributed by atoms with Crippen LogP contribution in [0.4, 0.5) is 11.5 Å². The molecule has 0 atom stereocenters. The van der Waals surface area contributed by atoms with Gasteiger partial charge in [-0.1, -0.05) is 30.3 Å². The third-order valence-corrected chi connectivity index (χ3v) is 8.18. The van der Waals surface area contributed by atoms with Gasteiger partial charge in [0.2, 0.25) is 10.0 Å². The van der Waals surface area contributed by atoms with E-state index in [1.54, 1.807) is 25.4 Å². The highest BCUT2D eigenvalue weighted by Gasteiger charge is 2.21. The van der Waals surface area contributed by atoms with Gasteiger partial charge in [-0.05, 0) is 55.6 Å². The van der Waals surface area contributed by atoms with Crippen LogP contribution in [0, 0.1) is 0 Å². The van der Waals surface area contributed by atoms with E-state index in [1.807, 2.05) is 24.3 Å². The fourth-order valence-electron chi connectivity index (χ4n) is 3.67. The van der Waals surface area contributed by atoms with E-state index in [0.717, 1.165) is 50.5 Å². The molecule has 0 amide bonds. The number of aromatic nitrogens is 1. The third kappa shape index (κ3) is 4.61. The van der Waals surface area contributed by atoms with E-state index in [1.165, 1.54) is 10.1 Å². The van der Waals surface area contributed by atoms with Gasteiger partial charge in [-0.2, -0.15) is 4.37 Å². The van der Waals surface area contributed by atoms with E-state index in [2.05, 4.69) is 43.2 Å². The Balaban J connectivity index is 1.35. The Morgan fingerprint density at radius 2 is 1.73 bits per heavy atom. The van der Waals surface area contributed by atoms with Crippen molar-refractivity contribution in [1.82, 2.24) is 9.27 Å². The van der Waals surface area contributed by atoms with E-state index in [4.69, 9.17) is 0 Å². The van der Waals surface area contributed by atoms with Gasteiger partial charge in [0.25, 0.3) is 0 Å². The average Bonchev–Trinajstić information content (AvgIpc) is 3.17. The van der Waals surface area contributed by atoms with Crippen LogP contribution in [0.5, 0.6) is 0 Å². The molecule has 1 aliphatic heterocycles. The maximum absolute atomic E-state index is 12.3. The lowest BCUT2D eigenvalue weighted by atomic mass is 10.1. The highest BCUT2D eigenvalue weighted by atomic mass is 32.2. The number of hydrogen-bond donors (Lipinski definition) is 1. The van der Waals surface area contributed by atoms with Crippen molar-refractivity contribution in [3.8, 4) is 0 Å². The quantitative estimate of drug-likeness (QED) is 0.600. The van der Waals surface area contributed by atoms with E-state index in [0.29, 0.717) is 5.69 Å². The fraction of sp³-hybridized carbons (Fsp3) is 0.409. The molecule has 4 rings (SSSR count). The molecule has 8 heteroatoms. The molecule has 30 heavy (non-hydrogen) atoms. The first kappa shape index (κ1) is 21.1. The summed E-state index contributed by atoms with van der Waals surface area (Å²) >= 11 is 1.56. The Bertz CT molecular complexity index is 1100. The summed E-state index contributed by atoms with van der Waals surface area (Å²) < 4.78 is 33.2. The number of benzene rings is 2. The van der Waals surface area contributed by atoms with Crippen LogP contribution in [-0.2, 0) is 16.4 Å². The molecule has 0 spiro atoms. The molecule has 2 heterocycles. The molecule has 0 unspecified atom stereocenters. The predicted molar refractivity (Wildman–Crippen MR) is 126 cm³/mol. The monoisotopic (exact) mass is 444 g/mol. The Labute approximate surface area is 182 Å². The first-order valence-corrected chi connectivity index (χ1v) is 12.7. The minimum atomic E-state index is -3.34. The summed E-state index contributed by atoms with van der Waals surface area (Å²) in [5.41, 5.74) is 1.73. The average molecular weight is 445 g/mol. The highest BCUT2D eigenvalue weighted by molar-refractivity contribution is 7.93. The predicted octanol–water partition coefficient (Wildman–Crippen LogP) is 3.81. The van der Waals surface area contributed by atoms with Crippen molar-refractivity contribution in [2.75, 3.05) is 42.3 Å². The number of sulfonamides is 1. The second-order valence-electron chi connectivity index (χ2n) is 7.93. The van der Waals surface area contributed by atoms with Crippen LogP contribution >= 0.6 is 11.5 Å². The van der Waals surface area contributed by atoms with Gasteiger partial charge in [-0.15, -0.1) is 0 Å². The Morgan fingerprint density at radius 1 is 1.03 bits per heavy atom. The third-order valence-electron chi connectivity index (χ3n) is 5.62. The molecule has 1 aromatic heterocycles. The molecule has 1 fully saturated rings. The van der Waals surface area contributed by atoms with Crippen molar-refractivity contribution in [1.29, 1.82) is 0 Å². The summed E-state index contributed by atoms with van der Waals surface area (Å²) in [4.78, 5) is 4.82. The van der Waals surface area contributed by atoms with Crippen LogP contribution in [0.15, 0.2) is 48.5 Å². The number of nitrogens with one attached hydrogen (secondary N) is 1. The molecule has 6 nitrogen and oxygen atoms in total. The van der Waals surface area contributed by atoms with Gasteiger partial charge >= 0.3 is 0 Å². The second kappa shape index (κ2) is 8.91. The summed E-state index contributed by atoms with van der Waals surface area (Å²) in [7, 11) is -3.34. The van der Waals surface area contributed by atoms with Crippen molar-refractivity contribution in [3.63, 3.8) is 0 Å². The standard InChI is InChI=1S/C22H28N4O2S2/c1-17(2)30(27,28)24-20-9-5-3-7-18(20)11-12-25-13-15-26(16-14-25)22-19-8-4-6-10-21(19)29-23-22/h3-10,17,24H,11-16H2,1-2H3. The van der Waals surface area contributed by atoms with E-state index in [-0.39, 0.29) is 0 Å². The zero-order valence-electron chi connectivity index (χ0n) is 17.4. The molecule has 1 N–H and O–H groups in total. The summed E-state index contributed by atoms with van der Waals surface area (Å²) in [6, 6.07) is 16.1. The highest BCUT2D eigenvalue weighted by Crippen LogP contribution is 2.30. The first-order valence-electron chi connectivity index (χ1n) is 10.4. The van der Waals surface area contributed by atoms with Gasteiger partial charge in [-0.3, -0.25) is 9.62 Å². The number of nitrogens with zero attached hydrogens (tertiary/aromatic N) is 3. The summed E-state index contributed by atoms with van der Waals surface area (Å²) in [6.07, 6.45) is 0.816. The second-order valence-corrected chi connectivity index (χ2v) is 11.0. The normalized spacial score (nSPS) is 15.8. The molecular weight excluding hydrogens is 416 g/mol. The van der Waals surface area contributed by atoms with Crippen LogP contribution in [-0.4, -0.2) is 55.7 Å². The van der Waals surface area contributed by atoms with E-state index < -0.39 is 15.3 Å². The van der Waals surface area contributed by atoms with Crippen LogP contribution in [0.3, 0.4) is 0 Å². The largest absolute Gasteiger partial charge is 0.353 e. The molecular formula is C22H28N4O2S2. The minimum absolute atomic E-state index is 0.458. The summed E-state index contributed by atoms with van der Waals surface area (Å²) in [6.45, 7) is 8.15. The SMILES string of the molecule is CC(C)S(=O)(=O)Nc1ccccc1CCN1CCN(c2nsc3ccccc23)CC1. The van der Waals surface area contributed by atoms with Crippen molar-refractivity contribution < 1.29 is 8.42 Å². The lowest BCUT2D eigenvalue weighted by molar-refractivity contribution is 0.261. The molecule has 1 aliphatic rings. The lowest BCUT2D eigenvalue weighted by Crippen LogP contribution is -2.47. The fourth-order valence-corrected chi connectivity index (χ4v) is 5.21. The topological polar surface area (TPSA) is 65.5 Å². The van der Waals surface area contributed by atoms with Crippen LogP contribution in [0.2, 0.25) is 0 Å². The van der Waals surface area contributed by atoms with Crippen molar-refractivity contribution in [2.24, 2.45) is 0 Å². The van der Waals surface area contributed by atoms with Gasteiger partial charge in [0.1, 0.15) is 5.82 Å². The zero-order valence-corrected chi connectivity index (χ0v) is 19.0.